The minimum atomic E-state index is 0.666. The van der Waals surface area contributed by atoms with Crippen LogP contribution in [0.1, 0.15) is 22.4 Å². The van der Waals surface area contributed by atoms with E-state index in [0.717, 1.165) is 35.3 Å². The molecule has 0 spiro atoms. The van der Waals surface area contributed by atoms with Crippen molar-refractivity contribution < 1.29 is 0 Å². The zero-order chi connectivity index (χ0) is 20.2. The molecule has 0 aliphatic heterocycles. The first-order valence-corrected chi connectivity index (χ1v) is 9.90. The van der Waals surface area contributed by atoms with E-state index in [9.17, 15) is 0 Å². The summed E-state index contributed by atoms with van der Waals surface area (Å²) in [5.41, 5.74) is 6.07. The average molecular weight is 418 g/mol. The summed E-state index contributed by atoms with van der Waals surface area (Å²) < 4.78 is 2.14. The number of hydrogen-bond acceptors (Lipinski definition) is 2. The molecule has 0 saturated heterocycles. The zero-order valence-electron chi connectivity index (χ0n) is 15.5. The van der Waals surface area contributed by atoms with Gasteiger partial charge < -0.3 is 4.57 Å². The van der Waals surface area contributed by atoms with Gasteiger partial charge in [-0.3, -0.25) is 0 Å². The zero-order valence-corrected chi connectivity index (χ0v) is 17.0. The number of halogens is 2. The van der Waals surface area contributed by atoms with Crippen LogP contribution in [0.15, 0.2) is 79.3 Å². The predicted octanol–water partition coefficient (Wildman–Crippen LogP) is 6.37. The Morgan fingerprint density at radius 1 is 0.897 bits per heavy atom. The topological polar surface area (TPSA) is 41.6 Å². The molecular formula is C24H17Cl2N3. The lowest BCUT2D eigenvalue weighted by molar-refractivity contribution is 0.753. The fourth-order valence-electron chi connectivity index (χ4n) is 3.25. The maximum atomic E-state index is 8.94. The number of nitriles is 1. The fraction of sp³-hybridized carbons (Fsp3) is 0.0833. The first kappa shape index (κ1) is 19.3. The quantitative estimate of drug-likeness (QED) is 0.378. The van der Waals surface area contributed by atoms with E-state index >= 15 is 0 Å². The van der Waals surface area contributed by atoms with Crippen molar-refractivity contribution in [2.24, 2.45) is 0 Å². The second-order valence-electron chi connectivity index (χ2n) is 6.82. The summed E-state index contributed by atoms with van der Waals surface area (Å²) in [4.78, 5) is 4.31. The molecule has 3 nitrogen and oxygen atoms in total. The Morgan fingerprint density at radius 3 is 2.34 bits per heavy atom. The number of rotatable bonds is 5. The van der Waals surface area contributed by atoms with E-state index in [-0.39, 0.29) is 0 Å². The molecule has 0 aliphatic carbocycles. The minimum absolute atomic E-state index is 0.666. The summed E-state index contributed by atoms with van der Waals surface area (Å²) in [5.74, 6) is 0. The maximum absolute atomic E-state index is 8.94. The van der Waals surface area contributed by atoms with Gasteiger partial charge in [-0.05, 0) is 47.0 Å². The van der Waals surface area contributed by atoms with Crippen molar-refractivity contribution in [2.45, 2.75) is 13.0 Å². The Kier molecular flexibility index (Phi) is 5.67. The van der Waals surface area contributed by atoms with Gasteiger partial charge in [-0.15, -0.1) is 0 Å². The van der Waals surface area contributed by atoms with Gasteiger partial charge in [0, 0.05) is 40.5 Å². The molecular weight excluding hydrogens is 401 g/mol. The second kappa shape index (κ2) is 8.53. The second-order valence-corrected chi connectivity index (χ2v) is 7.66. The molecule has 1 aromatic heterocycles. The maximum Gasteiger partial charge on any atom is 0.0991 e. The van der Waals surface area contributed by atoms with Gasteiger partial charge in [-0.2, -0.15) is 5.26 Å². The number of imidazole rings is 1. The van der Waals surface area contributed by atoms with Gasteiger partial charge in [0.05, 0.1) is 18.0 Å². The van der Waals surface area contributed by atoms with Crippen LogP contribution in [0.5, 0.6) is 0 Å². The molecule has 142 valence electrons. The first-order valence-electron chi connectivity index (χ1n) is 9.15. The monoisotopic (exact) mass is 417 g/mol. The Hall–Kier alpha value is -3.06. The van der Waals surface area contributed by atoms with Crippen LogP contribution in [-0.4, -0.2) is 9.55 Å². The Bertz CT molecular complexity index is 1170. The van der Waals surface area contributed by atoms with Crippen LogP contribution in [0.4, 0.5) is 0 Å². The lowest BCUT2D eigenvalue weighted by Gasteiger charge is -2.10. The molecule has 29 heavy (non-hydrogen) atoms. The summed E-state index contributed by atoms with van der Waals surface area (Å²) in [6.45, 7) is 0.731. The van der Waals surface area contributed by atoms with Crippen molar-refractivity contribution in [3.63, 3.8) is 0 Å². The van der Waals surface area contributed by atoms with Crippen molar-refractivity contribution in [1.29, 1.82) is 5.26 Å². The van der Waals surface area contributed by atoms with E-state index in [1.165, 1.54) is 5.56 Å². The Morgan fingerprint density at radius 2 is 1.62 bits per heavy atom. The van der Waals surface area contributed by atoms with Gasteiger partial charge in [0.2, 0.25) is 0 Å². The highest BCUT2D eigenvalue weighted by Gasteiger charge is 2.07. The number of benzene rings is 3. The van der Waals surface area contributed by atoms with Gasteiger partial charge in [0.1, 0.15) is 0 Å². The highest BCUT2D eigenvalue weighted by molar-refractivity contribution is 6.35. The SMILES string of the molecule is N#Cc1ccc(Cc2cncn2Cc2ccc(-c3cc(Cl)ccc3Cl)cc2)cc1. The standard InChI is InChI=1S/C24H17Cl2N3/c25-21-9-10-24(26)23(12-21)20-7-5-19(6-8-20)15-29-16-28-14-22(29)11-17-1-3-18(13-27)4-2-17/h1-10,12,14,16H,11,15H2. The molecule has 1 heterocycles. The van der Waals surface area contributed by atoms with E-state index in [4.69, 9.17) is 28.5 Å². The van der Waals surface area contributed by atoms with Crippen LogP contribution in [0, 0.1) is 11.3 Å². The fourth-order valence-corrected chi connectivity index (χ4v) is 3.65. The molecule has 0 unspecified atom stereocenters. The normalized spacial score (nSPS) is 10.7. The minimum Gasteiger partial charge on any atom is -0.330 e. The molecule has 4 rings (SSSR count). The third-order valence-corrected chi connectivity index (χ3v) is 5.38. The molecule has 4 aromatic rings. The summed E-state index contributed by atoms with van der Waals surface area (Å²) in [7, 11) is 0. The third kappa shape index (κ3) is 4.51. The highest BCUT2D eigenvalue weighted by Crippen LogP contribution is 2.30. The van der Waals surface area contributed by atoms with E-state index in [1.54, 1.807) is 6.07 Å². The smallest absolute Gasteiger partial charge is 0.0991 e. The Balaban J connectivity index is 1.51. The van der Waals surface area contributed by atoms with Gasteiger partial charge >= 0.3 is 0 Å². The average Bonchev–Trinajstić information content (AvgIpc) is 3.17. The number of aromatic nitrogens is 2. The van der Waals surface area contributed by atoms with Crippen LogP contribution in [0.25, 0.3) is 11.1 Å². The largest absolute Gasteiger partial charge is 0.330 e. The molecule has 0 fully saturated rings. The molecule has 5 heteroatoms. The van der Waals surface area contributed by atoms with Crippen LogP contribution < -0.4 is 0 Å². The lowest BCUT2D eigenvalue weighted by atomic mass is 10.0. The summed E-state index contributed by atoms with van der Waals surface area (Å²) in [6.07, 6.45) is 4.50. The van der Waals surface area contributed by atoms with Gasteiger partial charge in [0.15, 0.2) is 0 Å². The van der Waals surface area contributed by atoms with Crippen LogP contribution in [-0.2, 0) is 13.0 Å². The molecule has 0 aliphatic rings. The molecule has 0 amide bonds. The lowest BCUT2D eigenvalue weighted by Crippen LogP contribution is -2.04. The van der Waals surface area contributed by atoms with Crippen molar-refractivity contribution >= 4 is 23.2 Å². The van der Waals surface area contributed by atoms with E-state index < -0.39 is 0 Å². The molecule has 0 N–H and O–H groups in total. The van der Waals surface area contributed by atoms with Crippen molar-refractivity contribution in [2.75, 3.05) is 0 Å². The van der Waals surface area contributed by atoms with Crippen LogP contribution in [0.2, 0.25) is 10.0 Å². The highest BCUT2D eigenvalue weighted by atomic mass is 35.5. The first-order chi connectivity index (χ1) is 14.1. The molecule has 0 radical (unpaired) electrons. The van der Waals surface area contributed by atoms with Gasteiger partial charge in [-0.1, -0.05) is 59.6 Å². The van der Waals surface area contributed by atoms with Gasteiger partial charge in [-0.25, -0.2) is 4.98 Å². The summed E-state index contributed by atoms with van der Waals surface area (Å²) in [5, 5.41) is 10.3. The van der Waals surface area contributed by atoms with Crippen LogP contribution in [0.3, 0.4) is 0 Å². The summed E-state index contributed by atoms with van der Waals surface area (Å²) in [6, 6.07) is 23.6. The van der Waals surface area contributed by atoms with E-state index in [2.05, 4.69) is 39.9 Å². The van der Waals surface area contributed by atoms with Gasteiger partial charge in [0.25, 0.3) is 0 Å². The third-order valence-electron chi connectivity index (χ3n) is 4.81. The number of hydrogen-bond donors (Lipinski definition) is 0. The molecule has 0 saturated carbocycles. The number of nitrogens with zero attached hydrogens (tertiary/aromatic N) is 3. The molecule has 0 bridgehead atoms. The molecule has 3 aromatic carbocycles. The van der Waals surface area contributed by atoms with Crippen molar-refractivity contribution in [1.82, 2.24) is 9.55 Å². The van der Waals surface area contributed by atoms with E-state index in [0.29, 0.717) is 15.6 Å². The molecule has 0 atom stereocenters. The predicted molar refractivity (Wildman–Crippen MR) is 117 cm³/mol. The van der Waals surface area contributed by atoms with Crippen molar-refractivity contribution in [3.8, 4) is 17.2 Å². The summed E-state index contributed by atoms with van der Waals surface area (Å²) >= 11 is 12.4. The van der Waals surface area contributed by atoms with E-state index in [1.807, 2.05) is 48.9 Å². The van der Waals surface area contributed by atoms with Crippen molar-refractivity contribution in [3.05, 3.63) is 112 Å². The Labute approximate surface area is 179 Å². The van der Waals surface area contributed by atoms with Crippen LogP contribution >= 0.6 is 23.2 Å².